The molecule has 3 rings (SSSR count). The zero-order valence-electron chi connectivity index (χ0n) is 13.6. The van der Waals surface area contributed by atoms with Gasteiger partial charge in [0.15, 0.2) is 5.11 Å². The van der Waals surface area contributed by atoms with Gasteiger partial charge >= 0.3 is 0 Å². The van der Waals surface area contributed by atoms with E-state index in [0.29, 0.717) is 0 Å². The van der Waals surface area contributed by atoms with Gasteiger partial charge in [0.1, 0.15) is 0 Å². The van der Waals surface area contributed by atoms with E-state index in [1.165, 1.54) is 0 Å². The highest BCUT2D eigenvalue weighted by molar-refractivity contribution is 7.80. The van der Waals surface area contributed by atoms with Crippen LogP contribution in [0.4, 0.5) is 0 Å². The van der Waals surface area contributed by atoms with Crippen LogP contribution in [0.2, 0.25) is 0 Å². The molecule has 0 spiro atoms. The van der Waals surface area contributed by atoms with E-state index in [2.05, 4.69) is 16.2 Å². The van der Waals surface area contributed by atoms with Crippen LogP contribution in [0.15, 0.2) is 60.7 Å². The van der Waals surface area contributed by atoms with Gasteiger partial charge in [-0.1, -0.05) is 60.7 Å². The molecule has 1 saturated carbocycles. The van der Waals surface area contributed by atoms with Crippen LogP contribution in [-0.4, -0.2) is 16.9 Å². The van der Waals surface area contributed by atoms with Crippen molar-refractivity contribution in [3.63, 3.8) is 0 Å². The summed E-state index contributed by atoms with van der Waals surface area (Å²) in [6.07, 6.45) is 1.79. The predicted molar refractivity (Wildman–Crippen MR) is 99.5 cm³/mol. The van der Waals surface area contributed by atoms with Crippen LogP contribution in [0.5, 0.6) is 0 Å². The smallest absolute Gasteiger partial charge is 0.250 e. The van der Waals surface area contributed by atoms with Crippen LogP contribution in [0.25, 0.3) is 0 Å². The second-order valence-electron chi connectivity index (χ2n) is 5.96. The Kier molecular flexibility index (Phi) is 5.40. The molecule has 0 aliphatic heterocycles. The number of nitrogens with one attached hydrogen (secondary N) is 3. The maximum absolute atomic E-state index is 12.7. The summed E-state index contributed by atoms with van der Waals surface area (Å²) in [7, 11) is 0. The van der Waals surface area contributed by atoms with Crippen LogP contribution in [-0.2, 0) is 9.59 Å². The molecule has 2 aromatic rings. The van der Waals surface area contributed by atoms with Crippen LogP contribution in [0.1, 0.15) is 29.9 Å². The number of hydrogen-bond donors (Lipinski definition) is 3. The van der Waals surface area contributed by atoms with E-state index in [1.54, 1.807) is 0 Å². The van der Waals surface area contributed by atoms with E-state index in [-0.39, 0.29) is 22.8 Å². The average Bonchev–Trinajstić information content (AvgIpc) is 3.47. The molecule has 0 bridgehead atoms. The van der Waals surface area contributed by atoms with Gasteiger partial charge in [0.25, 0.3) is 0 Å². The fourth-order valence-corrected chi connectivity index (χ4v) is 2.72. The number of thiocarbonyl (C=S) groups is 1. The SMILES string of the molecule is O=C(NC(=S)NNC(=O)C(c1ccccc1)c1ccccc1)C1CC1. The first-order chi connectivity index (χ1) is 12.1. The van der Waals surface area contributed by atoms with Gasteiger partial charge in [-0.3, -0.25) is 20.4 Å². The molecule has 3 N–H and O–H groups in total. The lowest BCUT2D eigenvalue weighted by Gasteiger charge is -2.19. The zero-order valence-corrected chi connectivity index (χ0v) is 14.4. The van der Waals surface area contributed by atoms with Crippen LogP contribution in [0.3, 0.4) is 0 Å². The van der Waals surface area contributed by atoms with Crippen molar-refractivity contribution >= 4 is 29.1 Å². The lowest BCUT2D eigenvalue weighted by molar-refractivity contribution is -0.123. The number of rotatable bonds is 4. The fourth-order valence-electron chi connectivity index (χ4n) is 2.57. The highest BCUT2D eigenvalue weighted by Crippen LogP contribution is 2.28. The van der Waals surface area contributed by atoms with E-state index in [1.807, 2.05) is 60.7 Å². The van der Waals surface area contributed by atoms with Gasteiger partial charge in [-0.25, -0.2) is 0 Å². The van der Waals surface area contributed by atoms with Crippen molar-refractivity contribution in [3.05, 3.63) is 71.8 Å². The first-order valence-electron chi connectivity index (χ1n) is 8.15. The van der Waals surface area contributed by atoms with Gasteiger partial charge in [-0.2, -0.15) is 0 Å². The molecule has 25 heavy (non-hydrogen) atoms. The van der Waals surface area contributed by atoms with Crippen molar-refractivity contribution < 1.29 is 9.59 Å². The Morgan fingerprint density at radius 1 is 0.880 bits per heavy atom. The summed E-state index contributed by atoms with van der Waals surface area (Å²) in [6, 6.07) is 19.0. The van der Waals surface area contributed by atoms with Gasteiger partial charge in [0, 0.05) is 5.92 Å². The maximum atomic E-state index is 12.7. The lowest BCUT2D eigenvalue weighted by Crippen LogP contribution is -2.50. The molecule has 0 saturated heterocycles. The molecule has 0 radical (unpaired) electrons. The summed E-state index contributed by atoms with van der Waals surface area (Å²) >= 11 is 5.06. The van der Waals surface area contributed by atoms with Crippen LogP contribution < -0.4 is 16.2 Å². The van der Waals surface area contributed by atoms with E-state index < -0.39 is 5.92 Å². The molecule has 6 heteroatoms. The molecular formula is C19H19N3O2S. The number of amides is 2. The standard InChI is InChI=1S/C19H19N3O2S/c23-17(15-11-12-15)20-19(25)22-21-18(24)16(13-7-3-1-4-8-13)14-9-5-2-6-10-14/h1-10,15-16H,11-12H2,(H,21,24)(H2,20,22,23,25). The third-order valence-corrected chi connectivity index (χ3v) is 4.22. The van der Waals surface area contributed by atoms with Crippen molar-refractivity contribution in [2.24, 2.45) is 5.92 Å². The molecule has 0 atom stereocenters. The summed E-state index contributed by atoms with van der Waals surface area (Å²) in [4.78, 5) is 24.4. The third kappa shape index (κ3) is 4.64. The highest BCUT2D eigenvalue weighted by Gasteiger charge is 2.30. The quantitative estimate of drug-likeness (QED) is 0.582. The first kappa shape index (κ1) is 17.1. The average molecular weight is 353 g/mol. The van der Waals surface area contributed by atoms with Crippen molar-refractivity contribution in [2.45, 2.75) is 18.8 Å². The van der Waals surface area contributed by atoms with E-state index >= 15 is 0 Å². The number of benzene rings is 2. The lowest BCUT2D eigenvalue weighted by atomic mass is 9.91. The fraction of sp³-hybridized carbons (Fsp3) is 0.211. The third-order valence-electron chi connectivity index (χ3n) is 4.01. The summed E-state index contributed by atoms with van der Waals surface area (Å²) in [5.41, 5.74) is 6.97. The largest absolute Gasteiger partial charge is 0.302 e. The predicted octanol–water partition coefficient (Wildman–Crippen LogP) is 2.25. The molecule has 1 aliphatic rings. The van der Waals surface area contributed by atoms with Gasteiger partial charge in [-0.15, -0.1) is 0 Å². The summed E-state index contributed by atoms with van der Waals surface area (Å²) in [5, 5.41) is 2.68. The number of carbonyl (C=O) groups is 2. The van der Waals surface area contributed by atoms with Gasteiger partial charge in [0.05, 0.1) is 5.92 Å². The second kappa shape index (κ2) is 7.90. The van der Waals surface area contributed by atoms with E-state index in [9.17, 15) is 9.59 Å². The maximum Gasteiger partial charge on any atom is 0.250 e. The minimum Gasteiger partial charge on any atom is -0.302 e. The summed E-state index contributed by atoms with van der Waals surface area (Å²) < 4.78 is 0. The Hall–Kier alpha value is -2.73. The minimum absolute atomic E-state index is 0.0526. The number of carbonyl (C=O) groups excluding carboxylic acids is 2. The van der Waals surface area contributed by atoms with Crippen molar-refractivity contribution in [3.8, 4) is 0 Å². The molecule has 0 heterocycles. The normalized spacial score (nSPS) is 13.2. The van der Waals surface area contributed by atoms with Crippen LogP contribution >= 0.6 is 12.2 Å². The monoisotopic (exact) mass is 353 g/mol. The molecule has 1 aliphatic carbocycles. The van der Waals surface area contributed by atoms with Gasteiger partial charge in [0.2, 0.25) is 11.8 Å². The molecule has 5 nitrogen and oxygen atoms in total. The molecule has 1 fully saturated rings. The number of hydrogen-bond acceptors (Lipinski definition) is 3. The summed E-state index contributed by atoms with van der Waals surface area (Å²) in [5.74, 6) is -0.775. The topological polar surface area (TPSA) is 70.2 Å². The van der Waals surface area contributed by atoms with Gasteiger partial charge < -0.3 is 5.32 Å². The molecule has 0 aromatic heterocycles. The molecular weight excluding hydrogens is 334 g/mol. The van der Waals surface area contributed by atoms with Gasteiger partial charge in [-0.05, 0) is 36.2 Å². The van der Waals surface area contributed by atoms with Crippen molar-refractivity contribution in [1.29, 1.82) is 0 Å². The van der Waals surface area contributed by atoms with Crippen LogP contribution in [0, 0.1) is 5.92 Å². The molecule has 2 aromatic carbocycles. The Balaban J connectivity index is 1.67. The van der Waals surface area contributed by atoms with E-state index in [4.69, 9.17) is 12.2 Å². The Labute approximate surface area is 151 Å². The Morgan fingerprint density at radius 2 is 1.40 bits per heavy atom. The zero-order chi connectivity index (χ0) is 17.6. The van der Waals surface area contributed by atoms with Crippen molar-refractivity contribution in [2.75, 3.05) is 0 Å². The minimum atomic E-state index is -0.475. The Bertz CT molecular complexity index is 721. The molecule has 2 amide bonds. The summed E-state index contributed by atoms with van der Waals surface area (Å²) in [6.45, 7) is 0. The first-order valence-corrected chi connectivity index (χ1v) is 8.56. The van der Waals surface area contributed by atoms with Crippen molar-refractivity contribution in [1.82, 2.24) is 16.2 Å². The molecule has 0 unspecified atom stereocenters. The highest BCUT2D eigenvalue weighted by atomic mass is 32.1. The second-order valence-corrected chi connectivity index (χ2v) is 6.37. The Morgan fingerprint density at radius 3 is 1.88 bits per heavy atom. The van der Waals surface area contributed by atoms with E-state index in [0.717, 1.165) is 24.0 Å². The number of hydrazine groups is 1. The molecule has 128 valence electrons.